The summed E-state index contributed by atoms with van der Waals surface area (Å²) in [5.74, 6) is 0.788. The van der Waals surface area contributed by atoms with E-state index in [1.54, 1.807) is 16.4 Å². The van der Waals surface area contributed by atoms with Crippen molar-refractivity contribution in [2.45, 2.75) is 19.9 Å². The number of aromatic nitrogens is 2. The van der Waals surface area contributed by atoms with Gasteiger partial charge in [0, 0.05) is 18.8 Å². The van der Waals surface area contributed by atoms with Crippen LogP contribution in [0, 0.1) is 6.92 Å². The van der Waals surface area contributed by atoms with Crippen molar-refractivity contribution in [3.63, 3.8) is 0 Å². The van der Waals surface area contributed by atoms with Gasteiger partial charge in [-0.25, -0.2) is 0 Å². The molecule has 19 heavy (non-hydrogen) atoms. The number of aryl methyl sites for hydroxylation is 2. The van der Waals surface area contributed by atoms with Gasteiger partial charge in [-0.05, 0) is 20.1 Å². The maximum atomic E-state index is 12.2. The first-order valence-electron chi connectivity index (χ1n) is 5.97. The molecule has 1 atom stereocenters. The van der Waals surface area contributed by atoms with E-state index < -0.39 is 0 Å². The number of nitrogens with one attached hydrogen (secondary N) is 1. The summed E-state index contributed by atoms with van der Waals surface area (Å²) in [6.45, 7) is 3.90. The molecule has 1 amide bonds. The minimum Gasteiger partial charge on any atom is -0.397 e. The van der Waals surface area contributed by atoms with Gasteiger partial charge in [0.2, 0.25) is 0 Å². The Labute approximate surface area is 120 Å². The van der Waals surface area contributed by atoms with Crippen molar-refractivity contribution in [3.05, 3.63) is 10.6 Å². The lowest BCUT2D eigenvalue weighted by atomic mass is 10.2. The number of thioether (sulfide) groups is 1. The molecule has 2 rings (SSSR count). The number of thiophene rings is 1. The van der Waals surface area contributed by atoms with Crippen molar-refractivity contribution < 1.29 is 4.79 Å². The van der Waals surface area contributed by atoms with E-state index in [4.69, 9.17) is 5.73 Å². The quantitative estimate of drug-likeness (QED) is 0.905. The Kier molecular flexibility index (Phi) is 4.05. The van der Waals surface area contributed by atoms with Crippen LogP contribution in [0.1, 0.15) is 22.3 Å². The van der Waals surface area contributed by atoms with E-state index in [9.17, 15) is 4.79 Å². The van der Waals surface area contributed by atoms with Crippen molar-refractivity contribution in [1.29, 1.82) is 0 Å². The van der Waals surface area contributed by atoms with E-state index in [1.807, 2.05) is 27.2 Å². The second-order valence-corrected chi connectivity index (χ2v) is 6.47. The molecule has 0 radical (unpaired) electrons. The van der Waals surface area contributed by atoms with E-state index in [0.29, 0.717) is 10.6 Å². The molecule has 2 heterocycles. The average molecular weight is 298 g/mol. The lowest BCUT2D eigenvalue weighted by Gasteiger charge is -2.11. The molecule has 0 aliphatic heterocycles. The highest BCUT2D eigenvalue weighted by Gasteiger charge is 2.21. The Balaban J connectivity index is 2.33. The molecule has 3 N–H and O–H groups in total. The fourth-order valence-electron chi connectivity index (χ4n) is 2.08. The van der Waals surface area contributed by atoms with Crippen molar-refractivity contribution >= 4 is 44.9 Å². The molecule has 0 spiro atoms. The van der Waals surface area contributed by atoms with Gasteiger partial charge >= 0.3 is 0 Å². The van der Waals surface area contributed by atoms with Gasteiger partial charge < -0.3 is 11.1 Å². The zero-order valence-corrected chi connectivity index (χ0v) is 13.1. The molecule has 7 heteroatoms. The maximum Gasteiger partial charge on any atom is 0.263 e. The number of fused-ring (bicyclic) bond motifs is 1. The molecular weight excluding hydrogens is 280 g/mol. The van der Waals surface area contributed by atoms with E-state index in [0.717, 1.165) is 21.7 Å². The molecule has 2 aromatic rings. The summed E-state index contributed by atoms with van der Waals surface area (Å²) in [4.78, 5) is 13.7. The highest BCUT2D eigenvalue weighted by atomic mass is 32.2. The largest absolute Gasteiger partial charge is 0.397 e. The van der Waals surface area contributed by atoms with E-state index in [1.165, 1.54) is 11.3 Å². The number of amides is 1. The molecular formula is C12H18N4OS2. The molecule has 2 aromatic heterocycles. The Morgan fingerprint density at radius 1 is 1.63 bits per heavy atom. The second-order valence-electron chi connectivity index (χ2n) is 4.56. The van der Waals surface area contributed by atoms with E-state index in [2.05, 4.69) is 10.4 Å². The molecule has 0 aliphatic rings. The van der Waals surface area contributed by atoms with Crippen LogP contribution < -0.4 is 11.1 Å². The van der Waals surface area contributed by atoms with Crippen LogP contribution in [0.3, 0.4) is 0 Å². The van der Waals surface area contributed by atoms with E-state index >= 15 is 0 Å². The van der Waals surface area contributed by atoms with Crippen LogP contribution in [-0.2, 0) is 7.05 Å². The number of hydrogen-bond donors (Lipinski definition) is 2. The number of carbonyl (C=O) groups excluding carboxylic acids is 1. The Hall–Kier alpha value is -1.21. The fourth-order valence-corrected chi connectivity index (χ4v) is 3.75. The number of nitrogens with zero attached hydrogens (tertiary/aromatic N) is 2. The van der Waals surface area contributed by atoms with Gasteiger partial charge in [0.15, 0.2) is 0 Å². The van der Waals surface area contributed by atoms with Crippen LogP contribution in [0.2, 0.25) is 0 Å². The predicted octanol–water partition coefficient (Wildman–Crippen LogP) is 2.01. The van der Waals surface area contributed by atoms with Crippen LogP contribution in [-0.4, -0.2) is 33.7 Å². The highest BCUT2D eigenvalue weighted by Crippen LogP contribution is 2.35. The maximum absolute atomic E-state index is 12.2. The minimum absolute atomic E-state index is 0.0975. The summed E-state index contributed by atoms with van der Waals surface area (Å²) in [6, 6.07) is 0.131. The molecule has 1 unspecified atom stereocenters. The number of carbonyl (C=O) groups is 1. The smallest absolute Gasteiger partial charge is 0.263 e. The van der Waals surface area contributed by atoms with Gasteiger partial charge in [-0.1, -0.05) is 0 Å². The second kappa shape index (κ2) is 5.42. The van der Waals surface area contributed by atoms with Crippen LogP contribution in [0.15, 0.2) is 0 Å². The third-order valence-electron chi connectivity index (χ3n) is 2.88. The minimum atomic E-state index is -0.0975. The first-order chi connectivity index (χ1) is 8.95. The van der Waals surface area contributed by atoms with Gasteiger partial charge in [-0.15, -0.1) is 11.3 Å². The number of hydrogen-bond acceptors (Lipinski definition) is 5. The van der Waals surface area contributed by atoms with Gasteiger partial charge in [-0.3, -0.25) is 9.48 Å². The molecule has 0 aliphatic carbocycles. The molecule has 0 saturated carbocycles. The summed E-state index contributed by atoms with van der Waals surface area (Å²) in [5.41, 5.74) is 7.50. The van der Waals surface area contributed by atoms with Crippen molar-refractivity contribution in [2.24, 2.45) is 7.05 Å². The third-order valence-corrected chi connectivity index (χ3v) is 4.99. The third kappa shape index (κ3) is 2.57. The average Bonchev–Trinajstić information content (AvgIpc) is 2.79. The highest BCUT2D eigenvalue weighted by molar-refractivity contribution is 7.98. The number of nitrogen functional groups attached to an aromatic ring is 1. The lowest BCUT2D eigenvalue weighted by molar-refractivity contribution is 0.0948. The van der Waals surface area contributed by atoms with Gasteiger partial charge in [0.05, 0.1) is 16.8 Å². The van der Waals surface area contributed by atoms with Crippen LogP contribution in [0.5, 0.6) is 0 Å². The van der Waals surface area contributed by atoms with Gasteiger partial charge in [0.1, 0.15) is 9.71 Å². The SMILES string of the molecule is CSCC(C)NC(=O)c1sc2c(c(C)nn2C)c1N. The standard InChI is InChI=1S/C12H18N4OS2/c1-6(5-18-4)14-11(17)10-9(13)8-7(2)15-16(3)12(8)19-10/h6H,5,13H2,1-4H3,(H,14,17). The van der Waals surface area contributed by atoms with Crippen molar-refractivity contribution in [2.75, 3.05) is 17.7 Å². The Bertz CT molecular complexity index is 617. The summed E-state index contributed by atoms with van der Waals surface area (Å²) in [7, 11) is 1.86. The van der Waals surface area contributed by atoms with Crippen LogP contribution >= 0.6 is 23.1 Å². The molecule has 0 aromatic carbocycles. The lowest BCUT2D eigenvalue weighted by Crippen LogP contribution is -2.34. The monoisotopic (exact) mass is 298 g/mol. The first kappa shape index (κ1) is 14.2. The van der Waals surface area contributed by atoms with Gasteiger partial charge in [-0.2, -0.15) is 16.9 Å². The fraction of sp³-hybridized carbons (Fsp3) is 0.500. The molecule has 0 saturated heterocycles. The zero-order valence-electron chi connectivity index (χ0n) is 11.5. The number of rotatable bonds is 4. The molecule has 0 fully saturated rings. The Morgan fingerprint density at radius 3 is 2.89 bits per heavy atom. The predicted molar refractivity (Wildman–Crippen MR) is 83.1 cm³/mol. The molecule has 5 nitrogen and oxygen atoms in total. The summed E-state index contributed by atoms with van der Waals surface area (Å²) < 4.78 is 1.77. The first-order valence-corrected chi connectivity index (χ1v) is 8.18. The topological polar surface area (TPSA) is 72.9 Å². The van der Waals surface area contributed by atoms with Crippen molar-refractivity contribution in [1.82, 2.24) is 15.1 Å². The summed E-state index contributed by atoms with van der Waals surface area (Å²) in [6.07, 6.45) is 2.02. The van der Waals surface area contributed by atoms with E-state index in [-0.39, 0.29) is 11.9 Å². The molecule has 104 valence electrons. The zero-order chi connectivity index (χ0) is 14.2. The van der Waals surface area contributed by atoms with Crippen molar-refractivity contribution in [3.8, 4) is 0 Å². The summed E-state index contributed by atoms with van der Waals surface area (Å²) >= 11 is 3.10. The van der Waals surface area contributed by atoms with Crippen LogP contribution in [0.4, 0.5) is 5.69 Å². The number of anilines is 1. The normalized spacial score (nSPS) is 12.8. The van der Waals surface area contributed by atoms with Crippen LogP contribution in [0.25, 0.3) is 10.2 Å². The van der Waals surface area contributed by atoms with Gasteiger partial charge in [0.25, 0.3) is 5.91 Å². The Morgan fingerprint density at radius 2 is 2.32 bits per heavy atom. The summed E-state index contributed by atoms with van der Waals surface area (Å²) in [5, 5.41) is 8.18. The molecule has 0 bridgehead atoms. The number of nitrogens with two attached hydrogens (primary N) is 1.